The number of guanidine groups is 1. The van der Waals surface area contributed by atoms with Crippen LogP contribution >= 0.6 is 22.9 Å². The van der Waals surface area contributed by atoms with Gasteiger partial charge in [0, 0.05) is 42.3 Å². The molecule has 0 amide bonds. The van der Waals surface area contributed by atoms with Gasteiger partial charge in [-0.2, -0.15) is 0 Å². The summed E-state index contributed by atoms with van der Waals surface area (Å²) in [5.74, 6) is 1.65. The van der Waals surface area contributed by atoms with Crippen molar-refractivity contribution in [3.8, 4) is 5.75 Å². The lowest BCUT2D eigenvalue weighted by molar-refractivity contribution is 0.415. The summed E-state index contributed by atoms with van der Waals surface area (Å²) in [7, 11) is 3.48. The van der Waals surface area contributed by atoms with E-state index in [0.29, 0.717) is 6.04 Å². The topological polar surface area (TPSA) is 61.8 Å². The molecule has 0 spiro atoms. The fourth-order valence-electron chi connectivity index (χ4n) is 3.05. The van der Waals surface area contributed by atoms with Crippen LogP contribution in [0.15, 0.2) is 29.4 Å². The SMILES string of the molecule is CN=C(NCc1cnc(C)s1)NC1CCN(c2cc(Cl)ccc2OC)C1. The number of methoxy groups -OCH3 is 1. The minimum absolute atomic E-state index is 0.313. The number of aromatic nitrogens is 1. The Morgan fingerprint density at radius 1 is 1.50 bits per heavy atom. The molecule has 0 saturated carbocycles. The van der Waals surface area contributed by atoms with Gasteiger partial charge in [0.2, 0.25) is 0 Å². The summed E-state index contributed by atoms with van der Waals surface area (Å²) in [6.45, 7) is 4.55. The molecule has 8 heteroatoms. The normalized spacial score (nSPS) is 17.5. The maximum absolute atomic E-state index is 6.17. The molecule has 0 radical (unpaired) electrons. The number of ether oxygens (including phenoxy) is 1. The molecular weight excluding hydrogens is 370 g/mol. The monoisotopic (exact) mass is 393 g/mol. The smallest absolute Gasteiger partial charge is 0.191 e. The van der Waals surface area contributed by atoms with Crippen molar-refractivity contribution in [3.63, 3.8) is 0 Å². The van der Waals surface area contributed by atoms with Crippen LogP contribution in [0, 0.1) is 6.92 Å². The molecule has 140 valence electrons. The molecule has 2 aromatic rings. The van der Waals surface area contributed by atoms with Gasteiger partial charge in [-0.05, 0) is 31.5 Å². The van der Waals surface area contributed by atoms with E-state index in [1.165, 1.54) is 4.88 Å². The van der Waals surface area contributed by atoms with Crippen molar-refractivity contribution in [2.24, 2.45) is 4.99 Å². The number of aliphatic imine (C=N–C) groups is 1. The lowest BCUT2D eigenvalue weighted by Gasteiger charge is -2.22. The van der Waals surface area contributed by atoms with Crippen molar-refractivity contribution >= 4 is 34.6 Å². The van der Waals surface area contributed by atoms with E-state index in [9.17, 15) is 0 Å². The van der Waals surface area contributed by atoms with Crippen molar-refractivity contribution in [1.82, 2.24) is 15.6 Å². The number of rotatable bonds is 5. The third kappa shape index (κ3) is 4.59. The Balaban J connectivity index is 1.57. The first kappa shape index (κ1) is 18.8. The Labute approximate surface area is 163 Å². The minimum atomic E-state index is 0.313. The van der Waals surface area contributed by atoms with Crippen LogP contribution in [0.5, 0.6) is 5.75 Å². The number of aryl methyl sites for hydroxylation is 1. The van der Waals surface area contributed by atoms with Gasteiger partial charge in [0.25, 0.3) is 0 Å². The third-order valence-electron chi connectivity index (χ3n) is 4.33. The van der Waals surface area contributed by atoms with Crippen LogP contribution in [0.25, 0.3) is 0 Å². The fraction of sp³-hybridized carbons (Fsp3) is 0.444. The molecular formula is C18H24ClN5OS. The van der Waals surface area contributed by atoms with Crippen LogP contribution in [0.4, 0.5) is 5.69 Å². The molecule has 1 fully saturated rings. The van der Waals surface area contributed by atoms with E-state index in [4.69, 9.17) is 16.3 Å². The van der Waals surface area contributed by atoms with Crippen LogP contribution in [-0.4, -0.2) is 44.2 Å². The quantitative estimate of drug-likeness (QED) is 0.603. The molecule has 1 saturated heterocycles. The fourth-order valence-corrected chi connectivity index (χ4v) is 3.95. The Hall–Kier alpha value is -1.99. The van der Waals surface area contributed by atoms with Crippen molar-refractivity contribution in [2.45, 2.75) is 25.9 Å². The second-order valence-corrected chi connectivity index (χ2v) is 7.92. The minimum Gasteiger partial charge on any atom is -0.495 e. The number of hydrogen-bond acceptors (Lipinski definition) is 5. The first-order valence-corrected chi connectivity index (χ1v) is 9.75. The van der Waals surface area contributed by atoms with Crippen molar-refractivity contribution in [3.05, 3.63) is 39.3 Å². The van der Waals surface area contributed by atoms with Gasteiger partial charge in [0.05, 0.1) is 24.3 Å². The molecule has 1 aromatic heterocycles. The predicted molar refractivity (Wildman–Crippen MR) is 109 cm³/mol. The molecule has 26 heavy (non-hydrogen) atoms. The summed E-state index contributed by atoms with van der Waals surface area (Å²) >= 11 is 7.86. The van der Waals surface area contributed by atoms with E-state index in [0.717, 1.165) is 53.5 Å². The van der Waals surface area contributed by atoms with Gasteiger partial charge in [0.1, 0.15) is 5.75 Å². The highest BCUT2D eigenvalue weighted by Gasteiger charge is 2.25. The van der Waals surface area contributed by atoms with Crippen molar-refractivity contribution in [2.75, 3.05) is 32.1 Å². The van der Waals surface area contributed by atoms with E-state index in [-0.39, 0.29) is 0 Å². The lowest BCUT2D eigenvalue weighted by Crippen LogP contribution is -2.44. The van der Waals surface area contributed by atoms with E-state index < -0.39 is 0 Å². The molecule has 1 aromatic carbocycles. The second-order valence-electron chi connectivity index (χ2n) is 6.16. The molecule has 1 unspecified atom stereocenters. The first-order chi connectivity index (χ1) is 12.6. The maximum atomic E-state index is 6.17. The van der Waals surface area contributed by atoms with Crippen LogP contribution in [-0.2, 0) is 6.54 Å². The molecule has 1 aliphatic rings. The molecule has 1 aliphatic heterocycles. The Kier molecular flexibility index (Phi) is 6.21. The summed E-state index contributed by atoms with van der Waals surface area (Å²) in [4.78, 5) is 12.1. The standard InChI is InChI=1S/C18H24ClN5OS/c1-12-21-9-15(26-12)10-22-18(20-2)23-14-6-7-24(11-14)16-8-13(19)4-5-17(16)25-3/h4-5,8-9,14H,6-7,10-11H2,1-3H3,(H2,20,22,23). The molecule has 0 bridgehead atoms. The zero-order valence-corrected chi connectivity index (χ0v) is 16.8. The Bertz CT molecular complexity index is 779. The Morgan fingerprint density at radius 3 is 3.04 bits per heavy atom. The van der Waals surface area contributed by atoms with Gasteiger partial charge in [-0.25, -0.2) is 4.98 Å². The molecule has 2 heterocycles. The van der Waals surface area contributed by atoms with E-state index in [1.807, 2.05) is 31.3 Å². The lowest BCUT2D eigenvalue weighted by atomic mass is 10.2. The van der Waals surface area contributed by atoms with Gasteiger partial charge in [-0.15, -0.1) is 11.3 Å². The summed E-state index contributed by atoms with van der Waals surface area (Å²) in [5.41, 5.74) is 1.03. The van der Waals surface area contributed by atoms with Gasteiger partial charge in [0.15, 0.2) is 5.96 Å². The number of nitrogens with zero attached hydrogens (tertiary/aromatic N) is 3. The van der Waals surface area contributed by atoms with Gasteiger partial charge in [-0.3, -0.25) is 4.99 Å². The molecule has 0 aliphatic carbocycles. The van der Waals surface area contributed by atoms with Gasteiger partial charge < -0.3 is 20.3 Å². The van der Waals surface area contributed by atoms with E-state index in [1.54, 1.807) is 25.5 Å². The average molecular weight is 394 g/mol. The van der Waals surface area contributed by atoms with Crippen molar-refractivity contribution in [1.29, 1.82) is 0 Å². The van der Waals surface area contributed by atoms with Crippen LogP contribution in [0.3, 0.4) is 0 Å². The number of benzene rings is 1. The number of anilines is 1. The zero-order chi connectivity index (χ0) is 18.5. The Morgan fingerprint density at radius 2 is 2.35 bits per heavy atom. The molecule has 2 N–H and O–H groups in total. The highest BCUT2D eigenvalue weighted by molar-refractivity contribution is 7.11. The van der Waals surface area contributed by atoms with E-state index >= 15 is 0 Å². The highest BCUT2D eigenvalue weighted by Crippen LogP contribution is 2.33. The van der Waals surface area contributed by atoms with E-state index in [2.05, 4.69) is 25.5 Å². The third-order valence-corrected chi connectivity index (χ3v) is 5.48. The van der Waals surface area contributed by atoms with Crippen molar-refractivity contribution < 1.29 is 4.74 Å². The summed E-state index contributed by atoms with van der Waals surface area (Å²) in [6, 6.07) is 6.04. The molecule has 1 atom stereocenters. The summed E-state index contributed by atoms with van der Waals surface area (Å²) in [5, 5.41) is 8.65. The second kappa shape index (κ2) is 8.60. The van der Waals surface area contributed by atoms with Crippen LogP contribution in [0.1, 0.15) is 16.3 Å². The molecule has 3 rings (SSSR count). The number of nitrogens with one attached hydrogen (secondary N) is 2. The first-order valence-electron chi connectivity index (χ1n) is 8.56. The van der Waals surface area contributed by atoms with Gasteiger partial charge >= 0.3 is 0 Å². The maximum Gasteiger partial charge on any atom is 0.191 e. The average Bonchev–Trinajstić information content (AvgIpc) is 3.27. The largest absolute Gasteiger partial charge is 0.495 e. The summed E-state index contributed by atoms with van der Waals surface area (Å²) in [6.07, 6.45) is 2.93. The predicted octanol–water partition coefficient (Wildman–Crippen LogP) is 3.06. The van der Waals surface area contributed by atoms with Crippen LogP contribution in [0.2, 0.25) is 5.02 Å². The molecule has 6 nitrogen and oxygen atoms in total. The zero-order valence-electron chi connectivity index (χ0n) is 15.3. The number of halogens is 1. The van der Waals surface area contributed by atoms with Crippen LogP contribution < -0.4 is 20.3 Å². The number of thiazole rings is 1. The summed E-state index contributed by atoms with van der Waals surface area (Å²) < 4.78 is 5.48. The van der Waals surface area contributed by atoms with Gasteiger partial charge in [-0.1, -0.05) is 11.6 Å². The highest BCUT2D eigenvalue weighted by atomic mass is 35.5. The number of hydrogen-bond donors (Lipinski definition) is 2.